The lowest BCUT2D eigenvalue weighted by molar-refractivity contribution is -0.121. The molecule has 0 aromatic rings. The predicted molar refractivity (Wildman–Crippen MR) is 39.6 cm³/mol. The van der Waals surface area contributed by atoms with Crippen LogP contribution < -0.4 is 5.32 Å². The second-order valence-electron chi connectivity index (χ2n) is 2.18. The average molecular weight is 145 g/mol. The largest absolute Gasteiger partial charge is 0.396 e. The van der Waals surface area contributed by atoms with E-state index in [2.05, 4.69) is 5.32 Å². The van der Waals surface area contributed by atoms with E-state index < -0.39 is 0 Å². The van der Waals surface area contributed by atoms with Crippen molar-refractivity contribution in [3.63, 3.8) is 0 Å². The van der Waals surface area contributed by atoms with Crippen molar-refractivity contribution in [2.45, 2.75) is 26.2 Å². The molecule has 1 amide bonds. The van der Waals surface area contributed by atoms with Crippen LogP contribution >= 0.6 is 0 Å². The van der Waals surface area contributed by atoms with E-state index in [1.807, 2.05) is 6.92 Å². The van der Waals surface area contributed by atoms with Crippen molar-refractivity contribution < 1.29 is 9.90 Å². The summed E-state index contributed by atoms with van der Waals surface area (Å²) in [6.45, 7) is 2.70. The van der Waals surface area contributed by atoms with Gasteiger partial charge in [0.25, 0.3) is 0 Å². The summed E-state index contributed by atoms with van der Waals surface area (Å²) in [4.78, 5) is 10.7. The summed E-state index contributed by atoms with van der Waals surface area (Å²) in [5, 5.41) is 11.0. The molecule has 0 aromatic carbocycles. The number of hydrogen-bond acceptors (Lipinski definition) is 2. The van der Waals surface area contributed by atoms with E-state index in [0.29, 0.717) is 19.4 Å². The molecule has 0 atom stereocenters. The number of aliphatic hydroxyl groups is 1. The van der Waals surface area contributed by atoms with Crippen LogP contribution in [0.1, 0.15) is 26.2 Å². The van der Waals surface area contributed by atoms with Crippen LogP contribution in [0.3, 0.4) is 0 Å². The van der Waals surface area contributed by atoms with Crippen LogP contribution in [-0.2, 0) is 4.79 Å². The maximum Gasteiger partial charge on any atom is 0.219 e. The Hall–Kier alpha value is -0.570. The fraction of sp³-hybridized carbons (Fsp3) is 0.857. The minimum Gasteiger partial charge on any atom is -0.396 e. The van der Waals surface area contributed by atoms with E-state index in [4.69, 9.17) is 5.11 Å². The molecule has 0 aliphatic heterocycles. The van der Waals surface area contributed by atoms with Crippen molar-refractivity contribution >= 4 is 5.91 Å². The highest BCUT2D eigenvalue weighted by atomic mass is 16.3. The third-order valence-corrected chi connectivity index (χ3v) is 1.13. The first-order valence-corrected chi connectivity index (χ1v) is 3.68. The second kappa shape index (κ2) is 6.55. The van der Waals surface area contributed by atoms with Gasteiger partial charge in [-0.1, -0.05) is 6.92 Å². The first-order chi connectivity index (χ1) is 4.81. The third kappa shape index (κ3) is 5.56. The van der Waals surface area contributed by atoms with E-state index in [0.717, 1.165) is 6.42 Å². The van der Waals surface area contributed by atoms with Crippen LogP contribution in [0, 0.1) is 0 Å². The van der Waals surface area contributed by atoms with Crippen LogP contribution in [0.25, 0.3) is 0 Å². The number of nitrogens with one attached hydrogen (secondary N) is 1. The van der Waals surface area contributed by atoms with Gasteiger partial charge in [0.15, 0.2) is 0 Å². The molecular formula is C7H15NO2. The Morgan fingerprint density at radius 1 is 1.60 bits per heavy atom. The molecule has 2 N–H and O–H groups in total. The summed E-state index contributed by atoms with van der Waals surface area (Å²) in [5.74, 6) is 0.0796. The van der Waals surface area contributed by atoms with Crippen molar-refractivity contribution in [2.75, 3.05) is 13.2 Å². The van der Waals surface area contributed by atoms with Crippen molar-refractivity contribution in [1.82, 2.24) is 5.32 Å². The summed E-state index contributed by atoms with van der Waals surface area (Å²) in [6.07, 6.45) is 2.12. The molecule has 0 fully saturated rings. The molecule has 0 spiro atoms. The molecule has 10 heavy (non-hydrogen) atoms. The molecule has 0 heterocycles. The standard InChI is InChI=1S/C7H15NO2/c1-2-4-7(10)8-5-3-6-9/h9H,2-6H2,1H3,(H,8,10). The molecule has 3 heteroatoms. The van der Waals surface area contributed by atoms with E-state index in [9.17, 15) is 4.79 Å². The van der Waals surface area contributed by atoms with Crippen molar-refractivity contribution in [3.8, 4) is 0 Å². The average Bonchev–Trinajstić information content (AvgIpc) is 1.89. The number of aliphatic hydroxyl groups excluding tert-OH is 1. The lowest BCUT2D eigenvalue weighted by Crippen LogP contribution is -2.24. The van der Waals surface area contributed by atoms with Gasteiger partial charge in [0.1, 0.15) is 0 Å². The fourth-order valence-electron chi connectivity index (χ4n) is 0.622. The maximum absolute atomic E-state index is 10.7. The Labute approximate surface area is 61.4 Å². The van der Waals surface area contributed by atoms with Gasteiger partial charge in [0.2, 0.25) is 5.91 Å². The molecule has 3 nitrogen and oxygen atoms in total. The van der Waals surface area contributed by atoms with Crippen LogP contribution in [0.5, 0.6) is 0 Å². The fourth-order valence-corrected chi connectivity index (χ4v) is 0.622. The molecule has 0 aromatic heterocycles. The van der Waals surface area contributed by atoms with Gasteiger partial charge < -0.3 is 10.4 Å². The molecule has 0 aliphatic carbocycles. The molecule has 0 rings (SSSR count). The van der Waals surface area contributed by atoms with Gasteiger partial charge in [-0.15, -0.1) is 0 Å². The van der Waals surface area contributed by atoms with Crippen molar-refractivity contribution in [3.05, 3.63) is 0 Å². The SMILES string of the molecule is CCCC(=O)NCCCO. The summed E-state index contributed by atoms with van der Waals surface area (Å²) >= 11 is 0. The zero-order chi connectivity index (χ0) is 7.82. The normalized spacial score (nSPS) is 9.40. The molecule has 0 unspecified atom stereocenters. The molecule has 0 bridgehead atoms. The van der Waals surface area contributed by atoms with E-state index in [1.165, 1.54) is 0 Å². The highest BCUT2D eigenvalue weighted by Gasteiger charge is 1.95. The molecule has 0 aliphatic rings. The van der Waals surface area contributed by atoms with Gasteiger partial charge in [-0.25, -0.2) is 0 Å². The minimum atomic E-state index is 0.0796. The number of amides is 1. The lowest BCUT2D eigenvalue weighted by Gasteiger charge is -2.00. The van der Waals surface area contributed by atoms with Gasteiger partial charge >= 0.3 is 0 Å². The molecular weight excluding hydrogens is 130 g/mol. The van der Waals surface area contributed by atoms with Crippen molar-refractivity contribution in [2.24, 2.45) is 0 Å². The number of rotatable bonds is 5. The Morgan fingerprint density at radius 2 is 2.30 bits per heavy atom. The number of hydrogen-bond donors (Lipinski definition) is 2. The maximum atomic E-state index is 10.7. The van der Waals surface area contributed by atoms with E-state index in [1.54, 1.807) is 0 Å². The highest BCUT2D eigenvalue weighted by Crippen LogP contribution is 1.85. The van der Waals surface area contributed by atoms with Crippen molar-refractivity contribution in [1.29, 1.82) is 0 Å². The Morgan fingerprint density at radius 3 is 2.80 bits per heavy atom. The summed E-state index contributed by atoms with van der Waals surface area (Å²) in [7, 11) is 0. The van der Waals surface area contributed by atoms with Crippen LogP contribution in [0.4, 0.5) is 0 Å². The highest BCUT2D eigenvalue weighted by molar-refractivity contribution is 5.75. The van der Waals surface area contributed by atoms with Gasteiger partial charge in [-0.2, -0.15) is 0 Å². The molecule has 0 radical (unpaired) electrons. The summed E-state index contributed by atoms with van der Waals surface area (Å²) < 4.78 is 0. The summed E-state index contributed by atoms with van der Waals surface area (Å²) in [5.41, 5.74) is 0. The monoisotopic (exact) mass is 145 g/mol. The predicted octanol–water partition coefficient (Wildman–Crippen LogP) is 0.285. The number of carbonyl (C=O) groups is 1. The smallest absolute Gasteiger partial charge is 0.219 e. The van der Waals surface area contributed by atoms with Gasteiger partial charge in [-0.3, -0.25) is 4.79 Å². The van der Waals surface area contributed by atoms with Crippen LogP contribution in [0.15, 0.2) is 0 Å². The quantitative estimate of drug-likeness (QED) is 0.546. The van der Waals surface area contributed by atoms with Crippen LogP contribution in [-0.4, -0.2) is 24.2 Å². The van der Waals surface area contributed by atoms with Gasteiger partial charge in [0, 0.05) is 19.6 Å². The Balaban J connectivity index is 3.05. The van der Waals surface area contributed by atoms with Gasteiger partial charge in [0.05, 0.1) is 0 Å². The second-order valence-corrected chi connectivity index (χ2v) is 2.18. The topological polar surface area (TPSA) is 49.3 Å². The molecule has 0 saturated heterocycles. The Kier molecular flexibility index (Phi) is 6.18. The zero-order valence-electron chi connectivity index (χ0n) is 6.39. The first kappa shape index (κ1) is 9.43. The lowest BCUT2D eigenvalue weighted by atomic mass is 10.3. The molecule has 0 saturated carbocycles. The Bertz CT molecular complexity index is 93.6. The third-order valence-electron chi connectivity index (χ3n) is 1.13. The molecule has 60 valence electrons. The van der Waals surface area contributed by atoms with E-state index >= 15 is 0 Å². The minimum absolute atomic E-state index is 0.0796. The first-order valence-electron chi connectivity index (χ1n) is 3.68. The number of carbonyl (C=O) groups excluding carboxylic acids is 1. The van der Waals surface area contributed by atoms with E-state index in [-0.39, 0.29) is 12.5 Å². The zero-order valence-corrected chi connectivity index (χ0v) is 6.39. The summed E-state index contributed by atoms with van der Waals surface area (Å²) in [6, 6.07) is 0. The van der Waals surface area contributed by atoms with Gasteiger partial charge in [-0.05, 0) is 12.8 Å². The van der Waals surface area contributed by atoms with Crippen LogP contribution in [0.2, 0.25) is 0 Å².